The molecule has 0 saturated heterocycles. The monoisotopic (exact) mass is 494 g/mol. The summed E-state index contributed by atoms with van der Waals surface area (Å²) in [6.45, 7) is 3.79. The molecular weight excluding hydrogens is 464 g/mol. The van der Waals surface area contributed by atoms with Crippen molar-refractivity contribution in [2.75, 3.05) is 7.11 Å². The summed E-state index contributed by atoms with van der Waals surface area (Å²) in [4.78, 5) is 38.5. The third kappa shape index (κ3) is 7.68. The minimum atomic E-state index is -1.03. The van der Waals surface area contributed by atoms with Gasteiger partial charge < -0.3 is 20.5 Å². The van der Waals surface area contributed by atoms with Gasteiger partial charge in [0, 0.05) is 16.8 Å². The highest BCUT2D eigenvalue weighted by Crippen LogP contribution is 2.30. The van der Waals surface area contributed by atoms with Crippen molar-refractivity contribution in [3.05, 3.63) is 77.2 Å². The van der Waals surface area contributed by atoms with Gasteiger partial charge in [-0.1, -0.05) is 42.5 Å². The highest BCUT2D eigenvalue weighted by Gasteiger charge is 2.28. The van der Waals surface area contributed by atoms with Gasteiger partial charge in [-0.2, -0.15) is 0 Å². The van der Waals surface area contributed by atoms with E-state index >= 15 is 0 Å². The Labute approximate surface area is 209 Å². The summed E-state index contributed by atoms with van der Waals surface area (Å²) < 4.78 is 5.27. The molecule has 0 fully saturated rings. The van der Waals surface area contributed by atoms with Crippen LogP contribution in [0.1, 0.15) is 41.9 Å². The molecule has 0 aliphatic carbocycles. The summed E-state index contributed by atoms with van der Waals surface area (Å²) in [5, 5.41) is 14.8. The number of carboxylic acid groups (broad SMARTS) is 1. The first kappa shape index (κ1) is 26.0. The van der Waals surface area contributed by atoms with Crippen LogP contribution < -0.4 is 15.4 Å². The van der Waals surface area contributed by atoms with Crippen LogP contribution >= 0.6 is 11.3 Å². The van der Waals surface area contributed by atoms with E-state index in [1.54, 1.807) is 13.2 Å². The Balaban J connectivity index is 1.71. The number of benzene rings is 2. The number of aliphatic carboxylic acids is 1. The summed E-state index contributed by atoms with van der Waals surface area (Å²) in [5.41, 5.74) is 1.39. The van der Waals surface area contributed by atoms with Crippen LogP contribution in [-0.2, 0) is 16.0 Å². The van der Waals surface area contributed by atoms with Crippen LogP contribution in [0.5, 0.6) is 5.75 Å². The van der Waals surface area contributed by atoms with Crippen LogP contribution in [0.3, 0.4) is 0 Å². The zero-order valence-corrected chi connectivity index (χ0v) is 20.9. The van der Waals surface area contributed by atoms with E-state index in [4.69, 9.17) is 9.84 Å². The van der Waals surface area contributed by atoms with E-state index in [1.165, 1.54) is 11.3 Å². The number of carbonyl (C=O) groups is 3. The number of carboxylic acids is 1. The SMILES string of the molecule is COc1cccc(-c2ccc(C(=O)N[C@@H](CCC(=O)O)C(=O)NC(C)(C)Cc3ccccc3)s2)c1. The average molecular weight is 495 g/mol. The fourth-order valence-electron chi connectivity index (χ4n) is 3.73. The highest BCUT2D eigenvalue weighted by molar-refractivity contribution is 7.17. The Hall–Kier alpha value is -3.65. The van der Waals surface area contributed by atoms with E-state index in [0.717, 1.165) is 16.0 Å². The summed E-state index contributed by atoms with van der Waals surface area (Å²) in [5.74, 6) is -1.15. The van der Waals surface area contributed by atoms with Gasteiger partial charge in [-0.05, 0) is 62.1 Å². The molecule has 1 aromatic heterocycles. The standard InChI is InChI=1S/C27H30N2O5S/c1-27(2,17-18-8-5-4-6-9-18)29-25(32)21(12-15-24(30)31)28-26(33)23-14-13-22(35-23)19-10-7-11-20(16-19)34-3/h4-11,13-14,16,21H,12,15,17H2,1-3H3,(H,28,33)(H,29,32)(H,30,31)/t21-/m0/s1. The van der Waals surface area contributed by atoms with Crippen LogP contribution in [-0.4, -0.2) is 41.6 Å². The number of carbonyl (C=O) groups excluding carboxylic acids is 2. The zero-order valence-electron chi connectivity index (χ0n) is 20.0. The Bertz CT molecular complexity index is 1170. The maximum Gasteiger partial charge on any atom is 0.303 e. The molecule has 0 radical (unpaired) electrons. The Morgan fingerprint density at radius 2 is 1.77 bits per heavy atom. The predicted octanol–water partition coefficient (Wildman–Crippen LogP) is 4.52. The lowest BCUT2D eigenvalue weighted by molar-refractivity contribution is -0.137. The molecule has 7 nitrogen and oxygen atoms in total. The Kier molecular flexibility index (Phi) is 8.65. The molecule has 0 spiro atoms. The molecule has 35 heavy (non-hydrogen) atoms. The number of hydrogen-bond donors (Lipinski definition) is 3. The molecule has 0 aliphatic heterocycles. The quantitative estimate of drug-likeness (QED) is 0.363. The molecule has 0 saturated carbocycles. The van der Waals surface area contributed by atoms with E-state index in [9.17, 15) is 14.4 Å². The zero-order chi connectivity index (χ0) is 25.4. The maximum absolute atomic E-state index is 13.1. The van der Waals surface area contributed by atoms with E-state index in [-0.39, 0.29) is 12.8 Å². The number of hydrogen-bond acceptors (Lipinski definition) is 5. The molecule has 3 rings (SSSR count). The van der Waals surface area contributed by atoms with Gasteiger partial charge in [0.25, 0.3) is 5.91 Å². The fraction of sp³-hybridized carbons (Fsp3) is 0.296. The van der Waals surface area contributed by atoms with Crippen molar-refractivity contribution in [2.24, 2.45) is 0 Å². The molecule has 1 heterocycles. The molecule has 3 aromatic rings. The van der Waals surface area contributed by atoms with Crippen molar-refractivity contribution in [1.82, 2.24) is 10.6 Å². The number of ether oxygens (including phenoxy) is 1. The van der Waals surface area contributed by atoms with Gasteiger partial charge in [-0.25, -0.2) is 0 Å². The molecule has 0 bridgehead atoms. The second kappa shape index (κ2) is 11.7. The van der Waals surface area contributed by atoms with Crippen LogP contribution in [0.25, 0.3) is 10.4 Å². The smallest absolute Gasteiger partial charge is 0.303 e. The largest absolute Gasteiger partial charge is 0.497 e. The maximum atomic E-state index is 13.1. The van der Waals surface area contributed by atoms with Crippen LogP contribution in [0.15, 0.2) is 66.7 Å². The van der Waals surface area contributed by atoms with Crippen molar-refractivity contribution in [1.29, 1.82) is 0 Å². The lowest BCUT2D eigenvalue weighted by atomic mass is 9.94. The molecule has 1 atom stereocenters. The summed E-state index contributed by atoms with van der Waals surface area (Å²) in [6, 6.07) is 19.8. The number of methoxy groups -OCH3 is 1. The normalized spacial score (nSPS) is 12.0. The average Bonchev–Trinajstić information content (AvgIpc) is 3.32. The van der Waals surface area contributed by atoms with Gasteiger partial charge >= 0.3 is 5.97 Å². The Morgan fingerprint density at radius 1 is 1.03 bits per heavy atom. The lowest BCUT2D eigenvalue weighted by Gasteiger charge is -2.29. The molecule has 3 N–H and O–H groups in total. The number of nitrogens with one attached hydrogen (secondary N) is 2. The molecule has 184 valence electrons. The van der Waals surface area contributed by atoms with Crippen LogP contribution in [0, 0.1) is 0 Å². The van der Waals surface area contributed by atoms with Gasteiger partial charge in [0.2, 0.25) is 5.91 Å². The fourth-order valence-corrected chi connectivity index (χ4v) is 4.63. The first-order valence-corrected chi connectivity index (χ1v) is 12.1. The molecule has 0 aliphatic rings. The highest BCUT2D eigenvalue weighted by atomic mass is 32.1. The van der Waals surface area contributed by atoms with E-state index in [0.29, 0.717) is 17.0 Å². The number of thiophene rings is 1. The van der Waals surface area contributed by atoms with Crippen molar-refractivity contribution >= 4 is 29.1 Å². The minimum absolute atomic E-state index is 0.0115. The second-order valence-corrected chi connectivity index (χ2v) is 9.97. The van der Waals surface area contributed by atoms with Gasteiger partial charge in [-0.15, -0.1) is 11.3 Å². The minimum Gasteiger partial charge on any atom is -0.497 e. The van der Waals surface area contributed by atoms with Gasteiger partial charge in [-0.3, -0.25) is 14.4 Å². The summed E-state index contributed by atoms with van der Waals surface area (Å²) in [7, 11) is 1.59. The second-order valence-electron chi connectivity index (χ2n) is 8.89. The van der Waals surface area contributed by atoms with Gasteiger partial charge in [0.15, 0.2) is 0 Å². The topological polar surface area (TPSA) is 105 Å². The first-order valence-electron chi connectivity index (χ1n) is 11.3. The number of amides is 2. The van der Waals surface area contributed by atoms with E-state index in [1.807, 2.05) is 74.5 Å². The summed E-state index contributed by atoms with van der Waals surface area (Å²) in [6.07, 6.45) is 0.341. The van der Waals surface area contributed by atoms with E-state index in [2.05, 4.69) is 10.6 Å². The Morgan fingerprint density at radius 3 is 2.46 bits per heavy atom. The molecule has 0 unspecified atom stereocenters. The number of rotatable bonds is 11. The summed E-state index contributed by atoms with van der Waals surface area (Å²) >= 11 is 1.29. The van der Waals surface area contributed by atoms with E-state index < -0.39 is 29.4 Å². The molecule has 8 heteroatoms. The van der Waals surface area contributed by atoms with Gasteiger partial charge in [0.05, 0.1) is 12.0 Å². The molecule has 2 amide bonds. The molecule has 2 aromatic carbocycles. The van der Waals surface area contributed by atoms with Crippen molar-refractivity contribution in [3.63, 3.8) is 0 Å². The third-order valence-electron chi connectivity index (χ3n) is 5.40. The predicted molar refractivity (Wildman–Crippen MR) is 137 cm³/mol. The molecular formula is C27H30N2O5S. The van der Waals surface area contributed by atoms with Crippen molar-refractivity contribution in [2.45, 2.75) is 44.7 Å². The van der Waals surface area contributed by atoms with Crippen molar-refractivity contribution in [3.8, 4) is 16.2 Å². The van der Waals surface area contributed by atoms with Crippen molar-refractivity contribution < 1.29 is 24.2 Å². The van der Waals surface area contributed by atoms with Crippen LogP contribution in [0.4, 0.5) is 0 Å². The first-order chi connectivity index (χ1) is 16.7. The lowest BCUT2D eigenvalue weighted by Crippen LogP contribution is -2.54. The van der Waals surface area contributed by atoms with Gasteiger partial charge in [0.1, 0.15) is 11.8 Å². The van der Waals surface area contributed by atoms with Crippen LogP contribution in [0.2, 0.25) is 0 Å². The third-order valence-corrected chi connectivity index (χ3v) is 6.54.